The highest BCUT2D eigenvalue weighted by atomic mass is 16.6. The third-order valence-electron chi connectivity index (χ3n) is 2.55. The molecule has 0 amide bonds. The summed E-state index contributed by atoms with van der Waals surface area (Å²) < 4.78 is 0. The Labute approximate surface area is 104 Å². The lowest BCUT2D eigenvalue weighted by Crippen LogP contribution is -2.21. The lowest BCUT2D eigenvalue weighted by molar-refractivity contribution is -0.110. The van der Waals surface area contributed by atoms with Gasteiger partial charge in [0, 0.05) is 12.8 Å². The molecule has 0 spiro atoms. The number of nitrogens with zero attached hydrogens (tertiary/aromatic N) is 2. The molecule has 0 aliphatic carbocycles. The van der Waals surface area contributed by atoms with Crippen LogP contribution in [0.25, 0.3) is 0 Å². The Morgan fingerprint density at radius 2 is 2.17 bits per heavy atom. The zero-order chi connectivity index (χ0) is 13.0. The first kappa shape index (κ1) is 12.1. The van der Waals surface area contributed by atoms with Crippen molar-refractivity contribution >= 4 is 23.6 Å². The highest BCUT2D eigenvalue weighted by Crippen LogP contribution is 2.20. The van der Waals surface area contributed by atoms with Gasteiger partial charge in [-0.1, -0.05) is 17.3 Å². The Balaban J connectivity index is 2.07. The van der Waals surface area contributed by atoms with Crippen molar-refractivity contribution in [3.63, 3.8) is 0 Å². The second-order valence-electron chi connectivity index (χ2n) is 3.96. The second-order valence-corrected chi connectivity index (χ2v) is 3.96. The number of hydrogen-bond donors (Lipinski definition) is 2. The van der Waals surface area contributed by atoms with Crippen molar-refractivity contribution < 1.29 is 9.63 Å². The summed E-state index contributed by atoms with van der Waals surface area (Å²) >= 11 is 0. The Morgan fingerprint density at radius 3 is 2.78 bits per heavy atom. The summed E-state index contributed by atoms with van der Waals surface area (Å²) in [6.07, 6.45) is 1.69. The van der Waals surface area contributed by atoms with E-state index in [1.807, 2.05) is 12.1 Å². The van der Waals surface area contributed by atoms with E-state index in [2.05, 4.69) is 10.1 Å². The highest BCUT2D eigenvalue weighted by molar-refractivity contribution is 6.01. The molecule has 0 radical (unpaired) electrons. The van der Waals surface area contributed by atoms with Gasteiger partial charge in [0.05, 0.1) is 11.4 Å². The first-order valence-electron chi connectivity index (χ1n) is 5.55. The van der Waals surface area contributed by atoms with Crippen LogP contribution >= 0.6 is 0 Å². The van der Waals surface area contributed by atoms with Gasteiger partial charge in [-0.05, 0) is 17.7 Å². The molecule has 0 saturated heterocycles. The van der Waals surface area contributed by atoms with Crippen LogP contribution < -0.4 is 11.5 Å². The third kappa shape index (κ3) is 2.85. The van der Waals surface area contributed by atoms with E-state index in [0.29, 0.717) is 18.5 Å². The summed E-state index contributed by atoms with van der Waals surface area (Å²) in [4.78, 5) is 19.5. The standard InChI is InChI=1S/C12H14N4O2/c13-12(14)15-9-3-1-8(2-4-9)11-7-10(5-6-17)18-16-11/h1-4,6,10H,5,7H2,(H4,13,14,15). The number of oxime groups is 1. The topological polar surface area (TPSA) is 103 Å². The van der Waals surface area contributed by atoms with E-state index in [9.17, 15) is 4.79 Å². The zero-order valence-corrected chi connectivity index (χ0v) is 9.74. The fraction of sp³-hybridized carbons (Fsp3) is 0.250. The molecule has 1 aliphatic heterocycles. The van der Waals surface area contributed by atoms with Gasteiger partial charge in [-0.3, -0.25) is 0 Å². The van der Waals surface area contributed by atoms with Gasteiger partial charge in [0.1, 0.15) is 12.4 Å². The number of rotatable bonds is 4. The molecule has 18 heavy (non-hydrogen) atoms. The smallest absolute Gasteiger partial charge is 0.191 e. The predicted octanol–water partition coefficient (Wildman–Crippen LogP) is 0.673. The maximum absolute atomic E-state index is 10.4. The van der Waals surface area contributed by atoms with Crippen molar-refractivity contribution in [2.75, 3.05) is 0 Å². The second kappa shape index (κ2) is 5.31. The van der Waals surface area contributed by atoms with E-state index in [1.165, 1.54) is 0 Å². The van der Waals surface area contributed by atoms with Gasteiger partial charge < -0.3 is 21.1 Å². The third-order valence-corrected chi connectivity index (χ3v) is 2.55. The Hall–Kier alpha value is -2.37. The number of nitrogens with two attached hydrogens (primary N) is 2. The molecule has 0 fully saturated rings. The van der Waals surface area contributed by atoms with Crippen molar-refractivity contribution in [3.8, 4) is 0 Å². The number of benzene rings is 1. The fourth-order valence-electron chi connectivity index (χ4n) is 1.71. The van der Waals surface area contributed by atoms with Crippen LogP contribution in [-0.4, -0.2) is 24.1 Å². The lowest BCUT2D eigenvalue weighted by atomic mass is 10.0. The predicted molar refractivity (Wildman–Crippen MR) is 68.6 cm³/mol. The molecule has 0 bridgehead atoms. The summed E-state index contributed by atoms with van der Waals surface area (Å²) in [5.74, 6) is 0.0235. The molecule has 0 saturated carbocycles. The number of hydrogen-bond acceptors (Lipinski definition) is 4. The monoisotopic (exact) mass is 246 g/mol. The Kier molecular flexibility index (Phi) is 3.57. The van der Waals surface area contributed by atoms with Crippen molar-refractivity contribution in [1.29, 1.82) is 0 Å². The molecule has 94 valence electrons. The molecule has 1 atom stereocenters. The Bertz CT molecular complexity index is 489. The molecule has 2 rings (SSSR count). The van der Waals surface area contributed by atoms with E-state index >= 15 is 0 Å². The fourth-order valence-corrected chi connectivity index (χ4v) is 1.71. The number of carbonyl (C=O) groups is 1. The van der Waals surface area contributed by atoms with E-state index in [-0.39, 0.29) is 12.1 Å². The van der Waals surface area contributed by atoms with Crippen LogP contribution in [0.15, 0.2) is 34.4 Å². The first-order chi connectivity index (χ1) is 8.69. The summed E-state index contributed by atoms with van der Waals surface area (Å²) in [5, 5.41) is 3.97. The lowest BCUT2D eigenvalue weighted by Gasteiger charge is -2.02. The van der Waals surface area contributed by atoms with Crippen molar-refractivity contribution in [2.45, 2.75) is 18.9 Å². The van der Waals surface area contributed by atoms with Crippen LogP contribution in [0.1, 0.15) is 18.4 Å². The highest BCUT2D eigenvalue weighted by Gasteiger charge is 2.21. The molecule has 1 unspecified atom stereocenters. The molecule has 0 aromatic heterocycles. The van der Waals surface area contributed by atoms with Crippen molar-refractivity contribution in [2.24, 2.45) is 21.6 Å². The maximum atomic E-state index is 10.4. The minimum Gasteiger partial charge on any atom is -0.391 e. The first-order valence-corrected chi connectivity index (χ1v) is 5.55. The summed E-state index contributed by atoms with van der Waals surface area (Å²) in [7, 11) is 0. The quantitative estimate of drug-likeness (QED) is 0.463. The van der Waals surface area contributed by atoms with Crippen LogP contribution in [0.4, 0.5) is 5.69 Å². The normalized spacial score (nSPS) is 17.8. The van der Waals surface area contributed by atoms with Crippen LogP contribution in [0, 0.1) is 0 Å². The van der Waals surface area contributed by atoms with Gasteiger partial charge in [0.15, 0.2) is 5.96 Å². The molecule has 1 aromatic carbocycles. The molecule has 6 nitrogen and oxygen atoms in total. The van der Waals surface area contributed by atoms with Crippen LogP contribution in [-0.2, 0) is 9.63 Å². The van der Waals surface area contributed by atoms with Crippen LogP contribution in [0.3, 0.4) is 0 Å². The van der Waals surface area contributed by atoms with Crippen molar-refractivity contribution in [3.05, 3.63) is 29.8 Å². The minimum atomic E-state index is -0.144. The van der Waals surface area contributed by atoms with Gasteiger partial charge in [-0.25, -0.2) is 4.99 Å². The van der Waals surface area contributed by atoms with Gasteiger partial charge in [-0.15, -0.1) is 0 Å². The van der Waals surface area contributed by atoms with Crippen molar-refractivity contribution in [1.82, 2.24) is 0 Å². The number of aliphatic imine (C=N–C) groups is 1. The average Bonchev–Trinajstić information content (AvgIpc) is 2.78. The molecule has 6 heteroatoms. The summed E-state index contributed by atoms with van der Waals surface area (Å²) in [5.41, 5.74) is 13.0. The number of carbonyl (C=O) groups excluding carboxylic acids is 1. The van der Waals surface area contributed by atoms with E-state index in [1.54, 1.807) is 12.1 Å². The number of guanidine groups is 1. The summed E-state index contributed by atoms with van der Waals surface area (Å²) in [6, 6.07) is 7.33. The van der Waals surface area contributed by atoms with E-state index in [0.717, 1.165) is 17.6 Å². The van der Waals surface area contributed by atoms with E-state index in [4.69, 9.17) is 16.3 Å². The van der Waals surface area contributed by atoms with Gasteiger partial charge >= 0.3 is 0 Å². The van der Waals surface area contributed by atoms with Gasteiger partial charge in [0.2, 0.25) is 0 Å². The zero-order valence-electron chi connectivity index (χ0n) is 9.74. The van der Waals surface area contributed by atoms with Gasteiger partial charge in [-0.2, -0.15) is 0 Å². The molecule has 1 aromatic rings. The van der Waals surface area contributed by atoms with Crippen LogP contribution in [0.2, 0.25) is 0 Å². The van der Waals surface area contributed by atoms with Crippen LogP contribution in [0.5, 0.6) is 0 Å². The summed E-state index contributed by atoms with van der Waals surface area (Å²) in [6.45, 7) is 0. The van der Waals surface area contributed by atoms with E-state index < -0.39 is 0 Å². The maximum Gasteiger partial charge on any atom is 0.191 e. The number of aldehydes is 1. The molecular weight excluding hydrogens is 232 g/mol. The molecule has 1 heterocycles. The molecule has 4 N–H and O–H groups in total. The minimum absolute atomic E-state index is 0.0235. The average molecular weight is 246 g/mol. The molecule has 1 aliphatic rings. The SMILES string of the molecule is NC(N)=Nc1ccc(C2=NOC(CC=O)C2)cc1. The Morgan fingerprint density at radius 1 is 1.44 bits per heavy atom. The molecular formula is C12H14N4O2. The van der Waals surface area contributed by atoms with Gasteiger partial charge in [0.25, 0.3) is 0 Å². The largest absolute Gasteiger partial charge is 0.391 e.